The van der Waals surface area contributed by atoms with Crippen LogP contribution in [0.25, 0.3) is 0 Å². The van der Waals surface area contributed by atoms with Crippen molar-refractivity contribution in [2.75, 3.05) is 6.61 Å². The largest absolute Gasteiger partial charge is 0.357 e. The molecule has 0 aromatic carbocycles. The van der Waals surface area contributed by atoms with Crippen molar-refractivity contribution < 1.29 is 14.3 Å². The van der Waals surface area contributed by atoms with E-state index < -0.39 is 23.3 Å². The van der Waals surface area contributed by atoms with Gasteiger partial charge in [0, 0.05) is 24.4 Å². The number of ether oxygens (including phenoxy) is 1. The summed E-state index contributed by atoms with van der Waals surface area (Å²) >= 11 is 0. The van der Waals surface area contributed by atoms with E-state index in [1.165, 1.54) is 13.1 Å². The summed E-state index contributed by atoms with van der Waals surface area (Å²) in [6.07, 6.45) is 1.46. The Balaban J connectivity index is 2.98. The fourth-order valence-electron chi connectivity index (χ4n) is 1.43. The Kier molecular flexibility index (Phi) is 3.26. The van der Waals surface area contributed by atoms with Crippen LogP contribution in [-0.4, -0.2) is 29.9 Å². The van der Waals surface area contributed by atoms with Gasteiger partial charge < -0.3 is 15.8 Å². The summed E-state index contributed by atoms with van der Waals surface area (Å²) < 4.78 is 5.21. The average molecular weight is 212 g/mol. The number of nitrogens with two attached hydrogens (primary N) is 1. The first kappa shape index (κ1) is 11.9. The van der Waals surface area contributed by atoms with Crippen LogP contribution < -0.4 is 11.1 Å². The molecule has 0 radical (unpaired) electrons. The summed E-state index contributed by atoms with van der Waals surface area (Å²) in [5.41, 5.74) is 4.60. The van der Waals surface area contributed by atoms with E-state index in [1.807, 2.05) is 0 Å². The Hall–Kier alpha value is -1.20. The van der Waals surface area contributed by atoms with Gasteiger partial charge in [-0.05, 0) is 20.8 Å². The Bertz CT molecular complexity index is 323. The van der Waals surface area contributed by atoms with Crippen LogP contribution in [0.5, 0.6) is 0 Å². The standard InChI is InChI=1S/C10H16N2O3/c1-4-15-10(3)9(14)8(13)7(5-12-10)6(2)11/h5-6,12H,4,11H2,1-3H3. The average Bonchev–Trinajstić information content (AvgIpc) is 2.14. The van der Waals surface area contributed by atoms with Crippen molar-refractivity contribution >= 4 is 11.6 Å². The van der Waals surface area contributed by atoms with Crippen LogP contribution in [0.3, 0.4) is 0 Å². The molecule has 0 aliphatic carbocycles. The second-order valence-electron chi connectivity index (χ2n) is 3.66. The van der Waals surface area contributed by atoms with E-state index in [0.717, 1.165) is 0 Å². The minimum absolute atomic E-state index is 0.289. The highest BCUT2D eigenvalue weighted by atomic mass is 16.5. The summed E-state index contributed by atoms with van der Waals surface area (Å²) in [5, 5.41) is 2.77. The molecule has 2 atom stereocenters. The third-order valence-electron chi connectivity index (χ3n) is 2.33. The summed E-state index contributed by atoms with van der Waals surface area (Å²) in [5.74, 6) is -1.17. The molecule has 0 bridgehead atoms. The molecule has 1 rings (SSSR count). The monoisotopic (exact) mass is 212 g/mol. The maximum Gasteiger partial charge on any atom is 0.254 e. The van der Waals surface area contributed by atoms with E-state index in [4.69, 9.17) is 10.5 Å². The van der Waals surface area contributed by atoms with Crippen molar-refractivity contribution in [1.29, 1.82) is 0 Å². The van der Waals surface area contributed by atoms with Gasteiger partial charge in [-0.3, -0.25) is 9.59 Å². The van der Waals surface area contributed by atoms with Gasteiger partial charge in [-0.2, -0.15) is 0 Å². The zero-order valence-corrected chi connectivity index (χ0v) is 9.16. The van der Waals surface area contributed by atoms with Crippen LogP contribution in [0.2, 0.25) is 0 Å². The van der Waals surface area contributed by atoms with Gasteiger partial charge >= 0.3 is 0 Å². The molecule has 5 heteroatoms. The lowest BCUT2D eigenvalue weighted by Gasteiger charge is -2.32. The summed E-state index contributed by atoms with van der Waals surface area (Å²) in [6.45, 7) is 5.30. The lowest BCUT2D eigenvalue weighted by molar-refractivity contribution is -0.153. The van der Waals surface area contributed by atoms with Crippen molar-refractivity contribution in [1.82, 2.24) is 5.32 Å². The SMILES string of the molecule is CCOC1(C)NC=C(C(C)N)C(=O)C1=O. The highest BCUT2D eigenvalue weighted by Gasteiger charge is 2.42. The van der Waals surface area contributed by atoms with Gasteiger partial charge in [0.05, 0.1) is 0 Å². The highest BCUT2D eigenvalue weighted by Crippen LogP contribution is 2.18. The third kappa shape index (κ3) is 2.08. The number of nitrogens with one attached hydrogen (secondary N) is 1. The number of hydrogen-bond donors (Lipinski definition) is 2. The molecule has 1 heterocycles. The minimum atomic E-state index is -1.25. The van der Waals surface area contributed by atoms with E-state index in [2.05, 4.69) is 5.32 Å². The Morgan fingerprint density at radius 3 is 2.67 bits per heavy atom. The van der Waals surface area contributed by atoms with Gasteiger partial charge in [-0.1, -0.05) is 0 Å². The molecule has 1 aliphatic heterocycles. The molecule has 0 saturated heterocycles. The molecule has 0 fully saturated rings. The number of hydrogen-bond acceptors (Lipinski definition) is 5. The second-order valence-corrected chi connectivity index (χ2v) is 3.66. The molecule has 3 N–H and O–H groups in total. The van der Waals surface area contributed by atoms with E-state index >= 15 is 0 Å². The number of carbonyl (C=O) groups excluding carboxylic acids is 2. The van der Waals surface area contributed by atoms with E-state index in [1.54, 1.807) is 13.8 Å². The van der Waals surface area contributed by atoms with Crippen molar-refractivity contribution in [3.8, 4) is 0 Å². The maximum absolute atomic E-state index is 11.7. The first-order valence-electron chi connectivity index (χ1n) is 4.88. The Labute approximate surface area is 88.7 Å². The fraction of sp³-hybridized carbons (Fsp3) is 0.600. The van der Waals surface area contributed by atoms with Gasteiger partial charge in [0.15, 0.2) is 0 Å². The topological polar surface area (TPSA) is 81.4 Å². The van der Waals surface area contributed by atoms with Gasteiger partial charge in [-0.15, -0.1) is 0 Å². The fourth-order valence-corrected chi connectivity index (χ4v) is 1.43. The zero-order valence-electron chi connectivity index (χ0n) is 9.16. The van der Waals surface area contributed by atoms with E-state index in [9.17, 15) is 9.59 Å². The first-order chi connectivity index (χ1) is 6.92. The van der Waals surface area contributed by atoms with Gasteiger partial charge in [0.1, 0.15) is 0 Å². The molecular weight excluding hydrogens is 196 g/mol. The lowest BCUT2D eigenvalue weighted by atomic mass is 9.93. The van der Waals surface area contributed by atoms with Gasteiger partial charge in [-0.25, -0.2) is 0 Å². The predicted molar refractivity (Wildman–Crippen MR) is 54.9 cm³/mol. The van der Waals surface area contributed by atoms with Gasteiger partial charge in [0.25, 0.3) is 5.78 Å². The Morgan fingerprint density at radius 2 is 2.20 bits per heavy atom. The zero-order chi connectivity index (χ0) is 11.6. The first-order valence-corrected chi connectivity index (χ1v) is 4.88. The molecule has 0 aromatic rings. The molecule has 5 nitrogen and oxygen atoms in total. The number of ketones is 2. The van der Waals surface area contributed by atoms with Crippen molar-refractivity contribution in [3.05, 3.63) is 11.8 Å². The van der Waals surface area contributed by atoms with Crippen molar-refractivity contribution in [2.45, 2.75) is 32.5 Å². The number of carbonyl (C=O) groups is 2. The lowest BCUT2D eigenvalue weighted by Crippen LogP contribution is -2.57. The molecule has 0 spiro atoms. The van der Waals surface area contributed by atoms with Gasteiger partial charge in [0.2, 0.25) is 11.5 Å². The number of rotatable bonds is 3. The minimum Gasteiger partial charge on any atom is -0.357 e. The quantitative estimate of drug-likeness (QED) is 0.628. The van der Waals surface area contributed by atoms with Crippen LogP contribution in [-0.2, 0) is 14.3 Å². The summed E-state index contributed by atoms with van der Waals surface area (Å²) in [7, 11) is 0. The summed E-state index contributed by atoms with van der Waals surface area (Å²) in [4.78, 5) is 23.4. The van der Waals surface area contributed by atoms with Crippen LogP contribution in [0, 0.1) is 0 Å². The Morgan fingerprint density at radius 1 is 1.60 bits per heavy atom. The molecule has 0 saturated carbocycles. The smallest absolute Gasteiger partial charge is 0.254 e. The second kappa shape index (κ2) is 4.12. The van der Waals surface area contributed by atoms with Crippen LogP contribution in [0.15, 0.2) is 11.8 Å². The molecule has 15 heavy (non-hydrogen) atoms. The predicted octanol–water partition coefficient (Wildman–Crippen LogP) is -0.288. The third-order valence-corrected chi connectivity index (χ3v) is 2.33. The maximum atomic E-state index is 11.7. The van der Waals surface area contributed by atoms with Crippen LogP contribution >= 0.6 is 0 Å². The van der Waals surface area contributed by atoms with Crippen LogP contribution in [0.1, 0.15) is 20.8 Å². The van der Waals surface area contributed by atoms with E-state index in [-0.39, 0.29) is 5.57 Å². The molecular formula is C10H16N2O3. The molecule has 0 amide bonds. The van der Waals surface area contributed by atoms with E-state index in [0.29, 0.717) is 6.61 Å². The molecule has 0 aromatic heterocycles. The highest BCUT2D eigenvalue weighted by molar-refractivity contribution is 6.46. The summed E-state index contributed by atoms with van der Waals surface area (Å²) in [6, 6.07) is -0.458. The van der Waals surface area contributed by atoms with Crippen molar-refractivity contribution in [2.24, 2.45) is 5.73 Å². The number of Topliss-reactive ketones (excluding diaryl/α,β-unsaturated/α-hetero) is 2. The normalized spacial score (nSPS) is 28.4. The molecule has 1 aliphatic rings. The van der Waals surface area contributed by atoms with Crippen LogP contribution in [0.4, 0.5) is 0 Å². The van der Waals surface area contributed by atoms with Crippen molar-refractivity contribution in [3.63, 3.8) is 0 Å². The molecule has 2 unspecified atom stereocenters. The molecule has 84 valence electrons.